The molecule has 84 valence electrons. The number of hydrogen-bond donors (Lipinski definition) is 2. The summed E-state index contributed by atoms with van der Waals surface area (Å²) in [5.41, 5.74) is 2.74. The number of aromatic nitrogens is 1. The van der Waals surface area contributed by atoms with E-state index in [4.69, 9.17) is 0 Å². The molecule has 1 fully saturated rings. The van der Waals surface area contributed by atoms with Crippen molar-refractivity contribution in [2.45, 2.75) is 19.3 Å². The minimum Gasteiger partial charge on any atom is -0.361 e. The molecule has 2 aromatic rings. The molecule has 2 heteroatoms. The standard InChI is InChI=1S/C14H18N2/c1-2-6-14-13(5-1)12(10-16-14)8-11-4-3-7-15-9-11/h1-2,5-6,10-11,15-16H,3-4,7-9H2. The topological polar surface area (TPSA) is 27.8 Å². The number of benzene rings is 1. The molecule has 0 aliphatic carbocycles. The molecule has 0 amide bonds. The Morgan fingerprint density at radius 3 is 3.06 bits per heavy atom. The zero-order valence-electron chi connectivity index (χ0n) is 9.50. The number of H-pyrrole nitrogens is 1. The lowest BCUT2D eigenvalue weighted by Gasteiger charge is -2.22. The van der Waals surface area contributed by atoms with Gasteiger partial charge in [0.2, 0.25) is 0 Å². The molecule has 1 aliphatic rings. The van der Waals surface area contributed by atoms with Crippen molar-refractivity contribution >= 4 is 10.9 Å². The lowest BCUT2D eigenvalue weighted by atomic mass is 9.92. The zero-order chi connectivity index (χ0) is 10.8. The predicted octanol–water partition coefficient (Wildman–Crippen LogP) is 2.71. The second-order valence-electron chi connectivity index (χ2n) is 4.78. The van der Waals surface area contributed by atoms with Crippen LogP contribution in [0.3, 0.4) is 0 Å². The van der Waals surface area contributed by atoms with Gasteiger partial charge in [0.25, 0.3) is 0 Å². The molecular formula is C14H18N2. The summed E-state index contributed by atoms with van der Waals surface area (Å²) in [6.45, 7) is 2.38. The number of nitrogens with one attached hydrogen (secondary N) is 2. The van der Waals surface area contributed by atoms with Crippen LogP contribution in [0.25, 0.3) is 10.9 Å². The van der Waals surface area contributed by atoms with E-state index in [-0.39, 0.29) is 0 Å². The highest BCUT2D eigenvalue weighted by molar-refractivity contribution is 5.83. The number of fused-ring (bicyclic) bond motifs is 1. The fraction of sp³-hybridized carbons (Fsp3) is 0.429. The Morgan fingerprint density at radius 1 is 1.25 bits per heavy atom. The fourth-order valence-corrected chi connectivity index (χ4v) is 2.71. The maximum atomic E-state index is 3.49. The van der Waals surface area contributed by atoms with Crippen molar-refractivity contribution in [1.29, 1.82) is 0 Å². The molecule has 1 saturated heterocycles. The molecule has 2 heterocycles. The van der Waals surface area contributed by atoms with Crippen LogP contribution in [0.1, 0.15) is 18.4 Å². The number of piperidine rings is 1. The maximum absolute atomic E-state index is 3.49. The van der Waals surface area contributed by atoms with Crippen molar-refractivity contribution in [2.24, 2.45) is 5.92 Å². The summed E-state index contributed by atoms with van der Waals surface area (Å²) < 4.78 is 0. The van der Waals surface area contributed by atoms with Gasteiger partial charge in [0.15, 0.2) is 0 Å². The van der Waals surface area contributed by atoms with Crippen LogP contribution >= 0.6 is 0 Å². The van der Waals surface area contributed by atoms with Gasteiger partial charge in [-0.1, -0.05) is 18.2 Å². The smallest absolute Gasteiger partial charge is 0.0456 e. The summed E-state index contributed by atoms with van der Waals surface area (Å²) in [5, 5.41) is 4.88. The Hall–Kier alpha value is -1.28. The van der Waals surface area contributed by atoms with Gasteiger partial charge in [-0.05, 0) is 49.9 Å². The summed E-state index contributed by atoms with van der Waals surface area (Å²) in [6, 6.07) is 8.58. The Bertz CT molecular complexity index is 466. The monoisotopic (exact) mass is 214 g/mol. The summed E-state index contributed by atoms with van der Waals surface area (Å²) in [5.74, 6) is 0.813. The molecule has 0 spiro atoms. The molecule has 16 heavy (non-hydrogen) atoms. The number of aromatic amines is 1. The summed E-state index contributed by atoms with van der Waals surface area (Å²) in [6.07, 6.45) is 6.08. The first-order valence-corrected chi connectivity index (χ1v) is 6.19. The fourth-order valence-electron chi connectivity index (χ4n) is 2.71. The molecule has 1 aliphatic heterocycles. The highest BCUT2D eigenvalue weighted by Gasteiger charge is 2.15. The number of hydrogen-bond acceptors (Lipinski definition) is 1. The van der Waals surface area contributed by atoms with Crippen molar-refractivity contribution in [1.82, 2.24) is 10.3 Å². The molecule has 0 bridgehead atoms. The van der Waals surface area contributed by atoms with Crippen LogP contribution in [0, 0.1) is 5.92 Å². The normalized spacial score (nSPS) is 21.4. The van der Waals surface area contributed by atoms with E-state index in [0.717, 1.165) is 5.92 Å². The first-order valence-electron chi connectivity index (χ1n) is 6.19. The van der Waals surface area contributed by atoms with Crippen molar-refractivity contribution < 1.29 is 0 Å². The lowest BCUT2D eigenvalue weighted by molar-refractivity contribution is 0.377. The van der Waals surface area contributed by atoms with Gasteiger partial charge in [-0.2, -0.15) is 0 Å². The van der Waals surface area contributed by atoms with Crippen LogP contribution in [0.4, 0.5) is 0 Å². The lowest BCUT2D eigenvalue weighted by Crippen LogP contribution is -2.30. The van der Waals surface area contributed by atoms with Gasteiger partial charge >= 0.3 is 0 Å². The van der Waals surface area contributed by atoms with E-state index in [1.165, 1.54) is 48.8 Å². The van der Waals surface area contributed by atoms with Crippen LogP contribution in [-0.2, 0) is 6.42 Å². The second-order valence-corrected chi connectivity index (χ2v) is 4.78. The Balaban J connectivity index is 1.83. The van der Waals surface area contributed by atoms with E-state index >= 15 is 0 Å². The van der Waals surface area contributed by atoms with Crippen LogP contribution in [0.15, 0.2) is 30.5 Å². The second kappa shape index (κ2) is 4.30. The third-order valence-electron chi connectivity index (χ3n) is 3.58. The van der Waals surface area contributed by atoms with E-state index in [2.05, 4.69) is 40.8 Å². The number of para-hydroxylation sites is 1. The Labute approximate surface area is 96.1 Å². The first kappa shape index (κ1) is 9.91. The van der Waals surface area contributed by atoms with Gasteiger partial charge in [0.05, 0.1) is 0 Å². The zero-order valence-corrected chi connectivity index (χ0v) is 9.50. The highest BCUT2D eigenvalue weighted by atomic mass is 14.9. The van der Waals surface area contributed by atoms with Gasteiger partial charge in [0, 0.05) is 17.1 Å². The van der Waals surface area contributed by atoms with E-state index in [1.807, 2.05) is 0 Å². The van der Waals surface area contributed by atoms with Crippen LogP contribution in [-0.4, -0.2) is 18.1 Å². The third-order valence-corrected chi connectivity index (χ3v) is 3.58. The first-order chi connectivity index (χ1) is 7.93. The number of rotatable bonds is 2. The molecule has 0 saturated carbocycles. The molecule has 1 atom stereocenters. The van der Waals surface area contributed by atoms with E-state index in [0.29, 0.717) is 0 Å². The summed E-state index contributed by atoms with van der Waals surface area (Å²) in [7, 11) is 0. The van der Waals surface area contributed by atoms with Crippen LogP contribution in [0.5, 0.6) is 0 Å². The van der Waals surface area contributed by atoms with Gasteiger partial charge in [-0.25, -0.2) is 0 Å². The third kappa shape index (κ3) is 1.85. The van der Waals surface area contributed by atoms with E-state index < -0.39 is 0 Å². The molecule has 2 nitrogen and oxygen atoms in total. The molecule has 2 N–H and O–H groups in total. The minimum atomic E-state index is 0.813. The highest BCUT2D eigenvalue weighted by Crippen LogP contribution is 2.23. The van der Waals surface area contributed by atoms with Gasteiger partial charge < -0.3 is 10.3 Å². The summed E-state index contributed by atoms with van der Waals surface area (Å²) in [4.78, 5) is 3.36. The largest absolute Gasteiger partial charge is 0.361 e. The Morgan fingerprint density at radius 2 is 2.19 bits per heavy atom. The average molecular weight is 214 g/mol. The minimum absolute atomic E-state index is 0.813. The van der Waals surface area contributed by atoms with Crippen LogP contribution < -0.4 is 5.32 Å². The SMILES string of the molecule is c1ccc2c(CC3CCCNC3)c[nH]c2c1. The Kier molecular flexibility index (Phi) is 2.66. The summed E-state index contributed by atoms with van der Waals surface area (Å²) >= 11 is 0. The van der Waals surface area contributed by atoms with Gasteiger partial charge in [0.1, 0.15) is 0 Å². The van der Waals surface area contributed by atoms with Crippen molar-refractivity contribution in [2.75, 3.05) is 13.1 Å². The van der Waals surface area contributed by atoms with Crippen LogP contribution in [0.2, 0.25) is 0 Å². The van der Waals surface area contributed by atoms with Crippen molar-refractivity contribution in [3.05, 3.63) is 36.0 Å². The molecular weight excluding hydrogens is 196 g/mol. The molecule has 1 unspecified atom stereocenters. The van der Waals surface area contributed by atoms with Crippen molar-refractivity contribution in [3.8, 4) is 0 Å². The van der Waals surface area contributed by atoms with Gasteiger partial charge in [-0.15, -0.1) is 0 Å². The molecule has 3 rings (SSSR count). The van der Waals surface area contributed by atoms with Crippen molar-refractivity contribution in [3.63, 3.8) is 0 Å². The molecule has 0 radical (unpaired) electrons. The van der Waals surface area contributed by atoms with Gasteiger partial charge in [-0.3, -0.25) is 0 Å². The predicted molar refractivity (Wildman–Crippen MR) is 67.6 cm³/mol. The maximum Gasteiger partial charge on any atom is 0.0456 e. The van der Waals surface area contributed by atoms with E-state index in [9.17, 15) is 0 Å². The average Bonchev–Trinajstić information content (AvgIpc) is 2.74. The van der Waals surface area contributed by atoms with E-state index in [1.54, 1.807) is 0 Å². The molecule has 1 aromatic heterocycles. The quantitative estimate of drug-likeness (QED) is 0.790. The molecule has 1 aromatic carbocycles.